The second-order valence-corrected chi connectivity index (χ2v) is 7.62. The minimum atomic E-state index is 0.982. The Bertz CT molecular complexity index is 1180. The van der Waals surface area contributed by atoms with Crippen molar-refractivity contribution in [2.45, 2.75) is 13.8 Å². The zero-order valence-electron chi connectivity index (χ0n) is 16.9. The minimum absolute atomic E-state index is 0.982. The molecule has 0 saturated carbocycles. The molecule has 0 unspecified atom stereocenters. The number of aryl methyl sites for hydroxylation is 2. The maximum atomic E-state index is 4.63. The minimum Gasteiger partial charge on any atom is -0.341 e. The van der Waals surface area contributed by atoms with Crippen LogP contribution < -0.4 is 9.80 Å². The summed E-state index contributed by atoms with van der Waals surface area (Å²) in [5.74, 6) is 0. The van der Waals surface area contributed by atoms with E-state index in [1.165, 1.54) is 39.6 Å². The van der Waals surface area contributed by atoms with Crippen LogP contribution in [0.2, 0.25) is 0 Å². The molecule has 142 valence electrons. The quantitative estimate of drug-likeness (QED) is 0.378. The second-order valence-electron chi connectivity index (χ2n) is 7.62. The first kappa shape index (κ1) is 17.5. The zero-order valence-corrected chi connectivity index (χ0v) is 16.9. The monoisotopic (exact) mass is 377 g/mol. The molecule has 4 aromatic rings. The van der Waals surface area contributed by atoms with Gasteiger partial charge in [-0.15, -0.1) is 0 Å². The molecule has 3 heteroatoms. The van der Waals surface area contributed by atoms with Gasteiger partial charge in [-0.3, -0.25) is 4.98 Å². The molecule has 0 radical (unpaired) electrons. The number of hydrogen-bond donors (Lipinski definition) is 0. The van der Waals surface area contributed by atoms with E-state index in [1.54, 1.807) is 0 Å². The van der Waals surface area contributed by atoms with E-state index in [4.69, 9.17) is 0 Å². The van der Waals surface area contributed by atoms with E-state index in [0.29, 0.717) is 0 Å². The first-order valence-corrected chi connectivity index (χ1v) is 9.89. The van der Waals surface area contributed by atoms with Gasteiger partial charge in [0.15, 0.2) is 0 Å². The Morgan fingerprint density at radius 1 is 0.690 bits per heavy atom. The number of hydrogen-bond acceptors (Lipinski definition) is 3. The van der Waals surface area contributed by atoms with Crippen molar-refractivity contribution >= 4 is 28.4 Å². The number of nitrogens with zero attached hydrogens (tertiary/aromatic N) is 3. The summed E-state index contributed by atoms with van der Waals surface area (Å²) in [6.45, 7) is 4.31. The van der Waals surface area contributed by atoms with Crippen LogP contribution in [0.4, 0.5) is 28.4 Å². The lowest BCUT2D eigenvalue weighted by molar-refractivity contribution is 1.12. The Kier molecular flexibility index (Phi) is 4.09. The fourth-order valence-electron chi connectivity index (χ4n) is 4.34. The Hall–Kier alpha value is -3.59. The van der Waals surface area contributed by atoms with Gasteiger partial charge in [-0.25, -0.2) is 0 Å². The largest absolute Gasteiger partial charge is 0.341 e. The summed E-state index contributed by atoms with van der Waals surface area (Å²) in [4.78, 5) is 9.29. The van der Waals surface area contributed by atoms with Gasteiger partial charge >= 0.3 is 0 Å². The third-order valence-corrected chi connectivity index (χ3v) is 5.48. The molecule has 1 aliphatic heterocycles. The van der Waals surface area contributed by atoms with Gasteiger partial charge in [0.05, 0.1) is 28.4 Å². The molecule has 0 aliphatic carbocycles. The molecule has 1 aromatic heterocycles. The predicted molar refractivity (Wildman–Crippen MR) is 122 cm³/mol. The summed E-state index contributed by atoms with van der Waals surface area (Å²) >= 11 is 0. The highest BCUT2D eigenvalue weighted by Gasteiger charge is 2.29. The predicted octanol–water partition coefficient (Wildman–Crippen LogP) is 6.92. The maximum Gasteiger partial charge on any atom is 0.0749 e. The van der Waals surface area contributed by atoms with Crippen LogP contribution in [0.5, 0.6) is 0 Å². The Labute approximate surface area is 171 Å². The average molecular weight is 377 g/mol. The topological polar surface area (TPSA) is 19.4 Å². The van der Waals surface area contributed by atoms with Gasteiger partial charge in [-0.2, -0.15) is 0 Å². The second kappa shape index (κ2) is 6.78. The van der Waals surface area contributed by atoms with E-state index in [1.807, 2.05) is 18.3 Å². The number of rotatable bonds is 2. The van der Waals surface area contributed by atoms with Gasteiger partial charge in [-0.1, -0.05) is 36.4 Å². The van der Waals surface area contributed by atoms with Crippen LogP contribution >= 0.6 is 0 Å². The molecule has 0 saturated heterocycles. The molecule has 0 N–H and O–H groups in total. The molecule has 0 amide bonds. The van der Waals surface area contributed by atoms with Gasteiger partial charge < -0.3 is 9.80 Å². The van der Waals surface area contributed by atoms with E-state index in [-0.39, 0.29) is 0 Å². The Morgan fingerprint density at radius 2 is 1.38 bits per heavy atom. The van der Waals surface area contributed by atoms with Crippen LogP contribution in [0.15, 0.2) is 85.1 Å². The fourth-order valence-corrected chi connectivity index (χ4v) is 4.34. The van der Waals surface area contributed by atoms with Gasteiger partial charge in [0.1, 0.15) is 0 Å². The van der Waals surface area contributed by atoms with Crippen LogP contribution in [0.3, 0.4) is 0 Å². The molecule has 5 rings (SSSR count). The lowest BCUT2D eigenvalue weighted by atomic mass is 10.00. The molecular formula is C26H23N3. The summed E-state index contributed by atoms with van der Waals surface area (Å²) in [5, 5.41) is 0. The number of para-hydroxylation sites is 3. The molecule has 1 aliphatic rings. The van der Waals surface area contributed by atoms with Crippen molar-refractivity contribution in [3.63, 3.8) is 0 Å². The van der Waals surface area contributed by atoms with E-state index < -0.39 is 0 Å². The lowest BCUT2D eigenvalue weighted by Gasteiger charge is -2.39. The first-order valence-electron chi connectivity index (χ1n) is 9.89. The van der Waals surface area contributed by atoms with Crippen molar-refractivity contribution in [1.29, 1.82) is 0 Å². The Morgan fingerprint density at radius 3 is 2.10 bits per heavy atom. The highest BCUT2D eigenvalue weighted by molar-refractivity contribution is 6.02. The Balaban J connectivity index is 1.82. The zero-order chi connectivity index (χ0) is 20.0. The van der Waals surface area contributed by atoms with E-state index in [9.17, 15) is 0 Å². The van der Waals surface area contributed by atoms with Gasteiger partial charge in [0.2, 0.25) is 0 Å². The highest BCUT2D eigenvalue weighted by Crippen LogP contribution is 2.53. The first-order chi connectivity index (χ1) is 14.1. The molecule has 0 atom stereocenters. The molecule has 0 fully saturated rings. The summed E-state index contributed by atoms with van der Waals surface area (Å²) in [6, 6.07) is 27.9. The molecule has 3 aromatic carbocycles. The van der Waals surface area contributed by atoms with Crippen LogP contribution in [-0.2, 0) is 0 Å². The van der Waals surface area contributed by atoms with Crippen molar-refractivity contribution in [1.82, 2.24) is 4.98 Å². The van der Waals surface area contributed by atoms with E-state index >= 15 is 0 Å². The van der Waals surface area contributed by atoms with Crippen molar-refractivity contribution < 1.29 is 0 Å². The molecule has 0 bridgehead atoms. The standard InChI is InChI=1S/C26H23N3/c1-18-15-19(2)17-20(16-18)29-24-12-5-4-11-23(24)28(3)26-21(9-8-13-25(26)29)22-10-6-7-14-27-22/h4-17H,1-3H3. The third-order valence-electron chi connectivity index (χ3n) is 5.48. The van der Waals surface area contributed by atoms with Crippen molar-refractivity contribution in [3.05, 3.63) is 96.2 Å². The molecule has 29 heavy (non-hydrogen) atoms. The molecule has 0 spiro atoms. The number of fused-ring (bicyclic) bond motifs is 2. The van der Waals surface area contributed by atoms with Crippen LogP contribution in [-0.4, -0.2) is 12.0 Å². The number of aromatic nitrogens is 1. The lowest BCUT2D eigenvalue weighted by Crippen LogP contribution is -2.24. The number of anilines is 5. The van der Waals surface area contributed by atoms with Gasteiger partial charge in [-0.05, 0) is 67.4 Å². The smallest absolute Gasteiger partial charge is 0.0749 e. The van der Waals surface area contributed by atoms with Gasteiger partial charge in [0.25, 0.3) is 0 Å². The summed E-state index contributed by atoms with van der Waals surface area (Å²) < 4.78 is 0. The molecular weight excluding hydrogens is 354 g/mol. The maximum absolute atomic E-state index is 4.63. The summed E-state index contributed by atoms with van der Waals surface area (Å²) in [6.07, 6.45) is 1.85. The fraction of sp³-hybridized carbons (Fsp3) is 0.115. The van der Waals surface area contributed by atoms with Crippen LogP contribution in [0, 0.1) is 13.8 Å². The van der Waals surface area contributed by atoms with E-state index in [0.717, 1.165) is 11.3 Å². The molecule has 3 nitrogen and oxygen atoms in total. The number of pyridine rings is 1. The van der Waals surface area contributed by atoms with Crippen molar-refractivity contribution in [2.75, 3.05) is 16.8 Å². The average Bonchev–Trinajstić information content (AvgIpc) is 2.73. The van der Waals surface area contributed by atoms with Crippen LogP contribution in [0.1, 0.15) is 11.1 Å². The SMILES string of the molecule is Cc1cc(C)cc(N2c3ccccc3N(C)c3c(-c4ccccn4)cccc32)c1. The highest BCUT2D eigenvalue weighted by atomic mass is 15.3. The number of benzene rings is 3. The van der Waals surface area contributed by atoms with E-state index in [2.05, 4.69) is 102 Å². The normalized spacial score (nSPS) is 12.5. The molecule has 2 heterocycles. The van der Waals surface area contributed by atoms with Crippen LogP contribution in [0.25, 0.3) is 11.3 Å². The van der Waals surface area contributed by atoms with Gasteiger partial charge in [0, 0.05) is 24.5 Å². The van der Waals surface area contributed by atoms with Crippen molar-refractivity contribution in [2.24, 2.45) is 0 Å². The van der Waals surface area contributed by atoms with Crippen molar-refractivity contribution in [3.8, 4) is 11.3 Å². The third kappa shape index (κ3) is 2.87. The summed E-state index contributed by atoms with van der Waals surface area (Å²) in [7, 11) is 2.14. The summed E-state index contributed by atoms with van der Waals surface area (Å²) in [5.41, 5.74) is 10.5.